The number of fused-ring (bicyclic) bond motifs is 1. The second-order valence-electron chi connectivity index (χ2n) is 6.75. The van der Waals surface area contributed by atoms with Crippen LogP contribution in [0.1, 0.15) is 0 Å². The monoisotopic (exact) mass is 405 g/mol. The van der Waals surface area contributed by atoms with Crippen molar-refractivity contribution >= 4 is 23.2 Å². The standard InChI is InChI=1S/C22H23N5O3/c28-13-11-23-10-12-27-19-14-16(6-7-20(19)30-15-21(27)29)18-8-9-24-22(26-18)25-17-4-2-1-3-5-17/h1-9,14,23,28H,10-13,15H2,(H,24,25,26). The molecule has 0 atom stereocenters. The minimum atomic E-state index is -0.0976. The van der Waals surface area contributed by atoms with Crippen LogP contribution in [0.25, 0.3) is 11.3 Å². The minimum absolute atomic E-state index is 0.0188. The SMILES string of the molecule is O=C1COc2ccc(-c3ccnc(Nc4ccccc4)n3)cc2N1CCNCCO. The van der Waals surface area contributed by atoms with Gasteiger partial charge in [-0.05, 0) is 36.4 Å². The van der Waals surface area contributed by atoms with Gasteiger partial charge in [-0.25, -0.2) is 9.97 Å². The van der Waals surface area contributed by atoms with Crippen molar-refractivity contribution in [2.24, 2.45) is 0 Å². The molecule has 0 fully saturated rings. The van der Waals surface area contributed by atoms with Gasteiger partial charge in [0.15, 0.2) is 6.61 Å². The summed E-state index contributed by atoms with van der Waals surface area (Å²) in [6.07, 6.45) is 1.70. The van der Waals surface area contributed by atoms with E-state index in [1.807, 2.05) is 54.6 Å². The number of carbonyl (C=O) groups excluding carboxylic acids is 1. The molecule has 1 aliphatic rings. The Hall–Kier alpha value is -3.49. The third kappa shape index (κ3) is 4.56. The average Bonchev–Trinajstić information content (AvgIpc) is 2.78. The first-order valence-corrected chi connectivity index (χ1v) is 9.79. The molecule has 1 aliphatic heterocycles. The van der Waals surface area contributed by atoms with Crippen LogP contribution < -0.4 is 20.3 Å². The van der Waals surface area contributed by atoms with Crippen LogP contribution in [0.3, 0.4) is 0 Å². The van der Waals surface area contributed by atoms with Crippen LogP contribution in [0.4, 0.5) is 17.3 Å². The maximum Gasteiger partial charge on any atom is 0.265 e. The lowest BCUT2D eigenvalue weighted by molar-refractivity contribution is -0.121. The van der Waals surface area contributed by atoms with Gasteiger partial charge in [0.05, 0.1) is 18.0 Å². The number of carbonyl (C=O) groups is 1. The van der Waals surface area contributed by atoms with Gasteiger partial charge < -0.3 is 25.4 Å². The third-order valence-electron chi connectivity index (χ3n) is 4.68. The molecule has 0 unspecified atom stereocenters. The van der Waals surface area contributed by atoms with Crippen molar-refractivity contribution < 1.29 is 14.6 Å². The van der Waals surface area contributed by atoms with E-state index in [2.05, 4.69) is 20.6 Å². The Morgan fingerprint density at radius 1 is 1.10 bits per heavy atom. The Kier molecular flexibility index (Phi) is 6.17. The number of rotatable bonds is 8. The first-order chi connectivity index (χ1) is 14.7. The van der Waals surface area contributed by atoms with Crippen molar-refractivity contribution in [3.05, 3.63) is 60.8 Å². The topological polar surface area (TPSA) is 99.6 Å². The Morgan fingerprint density at radius 2 is 1.97 bits per heavy atom. The molecule has 0 saturated heterocycles. The number of hydrogen-bond acceptors (Lipinski definition) is 7. The van der Waals surface area contributed by atoms with Crippen molar-refractivity contribution in [2.45, 2.75) is 0 Å². The summed E-state index contributed by atoms with van der Waals surface area (Å²) in [7, 11) is 0. The van der Waals surface area contributed by atoms with Gasteiger partial charge in [-0.3, -0.25) is 4.79 Å². The summed E-state index contributed by atoms with van der Waals surface area (Å²) < 4.78 is 5.59. The summed E-state index contributed by atoms with van der Waals surface area (Å²) in [5, 5.41) is 15.2. The van der Waals surface area contributed by atoms with E-state index >= 15 is 0 Å². The minimum Gasteiger partial charge on any atom is -0.482 e. The number of aliphatic hydroxyl groups excluding tert-OH is 1. The third-order valence-corrected chi connectivity index (χ3v) is 4.68. The zero-order valence-corrected chi connectivity index (χ0v) is 16.4. The van der Waals surface area contributed by atoms with E-state index in [4.69, 9.17) is 9.84 Å². The molecule has 0 saturated carbocycles. The number of aromatic nitrogens is 2. The zero-order valence-electron chi connectivity index (χ0n) is 16.4. The number of nitrogens with zero attached hydrogens (tertiary/aromatic N) is 3. The van der Waals surface area contributed by atoms with Crippen LogP contribution >= 0.6 is 0 Å². The average molecular weight is 405 g/mol. The molecule has 8 heteroatoms. The Balaban J connectivity index is 1.58. The van der Waals surface area contributed by atoms with E-state index < -0.39 is 0 Å². The first-order valence-electron chi connectivity index (χ1n) is 9.79. The summed E-state index contributed by atoms with van der Waals surface area (Å²) >= 11 is 0. The van der Waals surface area contributed by atoms with E-state index in [9.17, 15) is 4.79 Å². The molecule has 1 aromatic heterocycles. The Labute approximate surface area is 174 Å². The van der Waals surface area contributed by atoms with Crippen molar-refractivity contribution in [3.8, 4) is 17.0 Å². The van der Waals surface area contributed by atoms with E-state index in [0.29, 0.717) is 37.0 Å². The van der Waals surface area contributed by atoms with Crippen LogP contribution in [0.15, 0.2) is 60.8 Å². The summed E-state index contributed by atoms with van der Waals surface area (Å²) in [5.74, 6) is 1.06. The van der Waals surface area contributed by atoms with Crippen molar-refractivity contribution in [1.29, 1.82) is 0 Å². The lowest BCUT2D eigenvalue weighted by atomic mass is 10.1. The summed E-state index contributed by atoms with van der Waals surface area (Å²) in [5.41, 5.74) is 3.22. The van der Waals surface area contributed by atoms with E-state index in [0.717, 1.165) is 16.9 Å². The van der Waals surface area contributed by atoms with E-state index in [-0.39, 0.29) is 19.1 Å². The smallest absolute Gasteiger partial charge is 0.265 e. The largest absolute Gasteiger partial charge is 0.482 e. The van der Waals surface area contributed by atoms with Crippen molar-refractivity contribution in [2.75, 3.05) is 43.1 Å². The van der Waals surface area contributed by atoms with Crippen LogP contribution in [-0.4, -0.2) is 53.8 Å². The highest BCUT2D eigenvalue weighted by Gasteiger charge is 2.25. The Bertz CT molecular complexity index is 1010. The molecular weight excluding hydrogens is 382 g/mol. The molecular formula is C22H23N5O3. The number of amides is 1. The zero-order chi connectivity index (χ0) is 20.8. The molecule has 154 valence electrons. The van der Waals surface area contributed by atoms with Crippen LogP contribution in [0.2, 0.25) is 0 Å². The first kappa shape index (κ1) is 19.8. The Morgan fingerprint density at radius 3 is 2.80 bits per heavy atom. The number of benzene rings is 2. The highest BCUT2D eigenvalue weighted by Crippen LogP contribution is 2.35. The number of nitrogens with one attached hydrogen (secondary N) is 2. The van der Waals surface area contributed by atoms with Gasteiger partial charge in [-0.15, -0.1) is 0 Å². The predicted molar refractivity (Wildman–Crippen MR) is 115 cm³/mol. The predicted octanol–water partition coefficient (Wildman–Crippen LogP) is 2.19. The fraction of sp³-hybridized carbons (Fsp3) is 0.227. The molecule has 0 radical (unpaired) electrons. The highest BCUT2D eigenvalue weighted by molar-refractivity contribution is 5.98. The fourth-order valence-corrected chi connectivity index (χ4v) is 3.23. The van der Waals surface area contributed by atoms with E-state index in [1.165, 1.54) is 0 Å². The number of aliphatic hydroxyl groups is 1. The van der Waals surface area contributed by atoms with Gasteiger partial charge in [0.25, 0.3) is 5.91 Å². The molecule has 2 aromatic carbocycles. The van der Waals surface area contributed by atoms with Crippen molar-refractivity contribution in [1.82, 2.24) is 15.3 Å². The molecule has 2 heterocycles. The number of ether oxygens (including phenoxy) is 1. The maximum absolute atomic E-state index is 12.4. The van der Waals surface area contributed by atoms with Crippen LogP contribution in [-0.2, 0) is 4.79 Å². The lowest BCUT2D eigenvalue weighted by Gasteiger charge is -2.30. The molecule has 0 aliphatic carbocycles. The highest BCUT2D eigenvalue weighted by atomic mass is 16.5. The summed E-state index contributed by atoms with van der Waals surface area (Å²) in [4.78, 5) is 23.0. The number of hydrogen-bond donors (Lipinski definition) is 3. The van der Waals surface area contributed by atoms with Crippen LogP contribution in [0.5, 0.6) is 5.75 Å². The quantitative estimate of drug-likeness (QED) is 0.494. The van der Waals surface area contributed by atoms with Crippen LogP contribution in [0, 0.1) is 0 Å². The molecule has 8 nitrogen and oxygen atoms in total. The van der Waals surface area contributed by atoms with Gasteiger partial charge in [0, 0.05) is 37.1 Å². The maximum atomic E-state index is 12.4. The summed E-state index contributed by atoms with van der Waals surface area (Å²) in [6, 6.07) is 17.2. The molecule has 3 N–H and O–H groups in total. The van der Waals surface area contributed by atoms with Gasteiger partial charge in [0.2, 0.25) is 5.95 Å². The van der Waals surface area contributed by atoms with E-state index in [1.54, 1.807) is 11.1 Å². The molecule has 0 spiro atoms. The van der Waals surface area contributed by atoms with Gasteiger partial charge in [-0.1, -0.05) is 18.2 Å². The molecule has 4 rings (SSSR count). The second kappa shape index (κ2) is 9.34. The number of para-hydroxylation sites is 1. The van der Waals surface area contributed by atoms with Gasteiger partial charge >= 0.3 is 0 Å². The summed E-state index contributed by atoms with van der Waals surface area (Å²) in [6.45, 7) is 1.64. The van der Waals surface area contributed by atoms with Gasteiger partial charge in [-0.2, -0.15) is 0 Å². The normalized spacial score (nSPS) is 13.0. The molecule has 0 bridgehead atoms. The number of anilines is 3. The molecule has 30 heavy (non-hydrogen) atoms. The fourth-order valence-electron chi connectivity index (χ4n) is 3.23. The molecule has 1 amide bonds. The molecule has 3 aromatic rings. The lowest BCUT2D eigenvalue weighted by Crippen LogP contribution is -2.42. The second-order valence-corrected chi connectivity index (χ2v) is 6.75. The van der Waals surface area contributed by atoms with Crippen molar-refractivity contribution in [3.63, 3.8) is 0 Å². The van der Waals surface area contributed by atoms with Gasteiger partial charge in [0.1, 0.15) is 5.75 Å².